The fourth-order valence-corrected chi connectivity index (χ4v) is 2.34. The van der Waals surface area contributed by atoms with Crippen molar-refractivity contribution in [2.24, 2.45) is 5.73 Å². The molecule has 0 amide bonds. The van der Waals surface area contributed by atoms with Crippen LogP contribution in [-0.4, -0.2) is 51.8 Å². The lowest BCUT2D eigenvalue weighted by molar-refractivity contribution is 0.309. The molecule has 0 atom stereocenters. The highest BCUT2D eigenvalue weighted by Gasteiger charge is 2.08. The lowest BCUT2D eigenvalue weighted by Gasteiger charge is -2.17. The first-order valence-electron chi connectivity index (χ1n) is 5.45. The summed E-state index contributed by atoms with van der Waals surface area (Å²) >= 11 is 0. The van der Waals surface area contributed by atoms with E-state index in [4.69, 9.17) is 5.73 Å². The SMILES string of the molecule is CCN(CC)CCNS(=O)(=O)CCCN. The zero-order valence-electron chi connectivity index (χ0n) is 9.70. The van der Waals surface area contributed by atoms with E-state index >= 15 is 0 Å². The topological polar surface area (TPSA) is 75.4 Å². The molecule has 0 bridgehead atoms. The Kier molecular flexibility index (Phi) is 7.95. The minimum atomic E-state index is -3.11. The summed E-state index contributed by atoms with van der Waals surface area (Å²) in [5.74, 6) is 0.127. The maximum absolute atomic E-state index is 11.4. The van der Waals surface area contributed by atoms with Crippen LogP contribution in [0.5, 0.6) is 0 Å². The molecule has 0 spiro atoms. The molecule has 15 heavy (non-hydrogen) atoms. The van der Waals surface area contributed by atoms with E-state index in [2.05, 4.69) is 23.5 Å². The summed E-state index contributed by atoms with van der Waals surface area (Å²) in [5.41, 5.74) is 5.26. The Morgan fingerprint density at radius 1 is 1.27 bits per heavy atom. The molecular weight excluding hydrogens is 214 g/mol. The molecule has 0 aliphatic rings. The summed E-state index contributed by atoms with van der Waals surface area (Å²) in [6.45, 7) is 7.67. The molecule has 92 valence electrons. The van der Waals surface area contributed by atoms with Gasteiger partial charge in [0.05, 0.1) is 5.75 Å². The minimum Gasteiger partial charge on any atom is -0.330 e. The van der Waals surface area contributed by atoms with Crippen LogP contribution in [0.25, 0.3) is 0 Å². The van der Waals surface area contributed by atoms with Crippen molar-refractivity contribution in [1.82, 2.24) is 9.62 Å². The van der Waals surface area contributed by atoms with Crippen LogP contribution >= 0.6 is 0 Å². The zero-order chi connectivity index (χ0) is 11.7. The summed E-state index contributed by atoms with van der Waals surface area (Å²) < 4.78 is 25.3. The number of nitrogens with one attached hydrogen (secondary N) is 1. The van der Waals surface area contributed by atoms with E-state index in [9.17, 15) is 8.42 Å². The molecule has 0 aromatic heterocycles. The molecule has 0 aliphatic carbocycles. The largest absolute Gasteiger partial charge is 0.330 e. The number of sulfonamides is 1. The van der Waals surface area contributed by atoms with Crippen molar-refractivity contribution >= 4 is 10.0 Å². The van der Waals surface area contributed by atoms with Crippen molar-refractivity contribution in [3.05, 3.63) is 0 Å². The summed E-state index contributed by atoms with van der Waals surface area (Å²) in [5, 5.41) is 0. The first kappa shape index (κ1) is 14.8. The maximum atomic E-state index is 11.4. The van der Waals surface area contributed by atoms with Crippen molar-refractivity contribution in [2.75, 3.05) is 38.5 Å². The second-order valence-corrected chi connectivity index (χ2v) is 5.31. The molecule has 0 fully saturated rings. The van der Waals surface area contributed by atoms with Crippen LogP contribution in [0.4, 0.5) is 0 Å². The molecule has 0 saturated carbocycles. The summed E-state index contributed by atoms with van der Waals surface area (Å²) in [6, 6.07) is 0. The predicted octanol–water partition coefficient (Wildman–Crippen LogP) is -0.404. The van der Waals surface area contributed by atoms with Crippen LogP contribution in [-0.2, 0) is 10.0 Å². The smallest absolute Gasteiger partial charge is 0.211 e. The average molecular weight is 237 g/mol. The van der Waals surface area contributed by atoms with Gasteiger partial charge in [-0.05, 0) is 26.1 Å². The van der Waals surface area contributed by atoms with E-state index in [1.807, 2.05) is 0 Å². The molecule has 6 heteroatoms. The molecule has 0 aromatic rings. The van der Waals surface area contributed by atoms with E-state index in [1.165, 1.54) is 0 Å². The first-order valence-corrected chi connectivity index (χ1v) is 7.10. The third-order valence-corrected chi connectivity index (χ3v) is 3.73. The molecule has 3 N–H and O–H groups in total. The van der Waals surface area contributed by atoms with Gasteiger partial charge >= 0.3 is 0 Å². The first-order chi connectivity index (χ1) is 7.05. The third-order valence-electron chi connectivity index (χ3n) is 2.26. The fourth-order valence-electron chi connectivity index (χ4n) is 1.24. The highest BCUT2D eigenvalue weighted by atomic mass is 32.2. The molecule has 0 radical (unpaired) electrons. The number of nitrogens with two attached hydrogens (primary N) is 1. The van der Waals surface area contributed by atoms with Gasteiger partial charge in [-0.25, -0.2) is 13.1 Å². The van der Waals surface area contributed by atoms with Crippen LogP contribution < -0.4 is 10.5 Å². The van der Waals surface area contributed by atoms with Crippen LogP contribution in [0, 0.1) is 0 Å². The lowest BCUT2D eigenvalue weighted by Crippen LogP contribution is -2.36. The number of hydrogen-bond acceptors (Lipinski definition) is 4. The van der Waals surface area contributed by atoms with Gasteiger partial charge in [0.25, 0.3) is 0 Å². The van der Waals surface area contributed by atoms with Gasteiger partial charge < -0.3 is 10.6 Å². The van der Waals surface area contributed by atoms with Crippen LogP contribution in [0.15, 0.2) is 0 Å². The van der Waals surface area contributed by atoms with Crippen molar-refractivity contribution < 1.29 is 8.42 Å². The minimum absolute atomic E-state index is 0.127. The number of likely N-dealkylation sites (N-methyl/N-ethyl adjacent to an activating group) is 1. The quantitative estimate of drug-likeness (QED) is 0.572. The van der Waals surface area contributed by atoms with Gasteiger partial charge in [0, 0.05) is 13.1 Å². The Hall–Kier alpha value is -0.170. The predicted molar refractivity (Wildman–Crippen MR) is 63.2 cm³/mol. The Bertz CT molecular complexity index is 238. The normalized spacial score (nSPS) is 12.3. The van der Waals surface area contributed by atoms with Gasteiger partial charge in [0.15, 0.2) is 0 Å². The van der Waals surface area contributed by atoms with Gasteiger partial charge in [-0.1, -0.05) is 13.8 Å². The van der Waals surface area contributed by atoms with E-state index in [1.54, 1.807) is 0 Å². The average Bonchev–Trinajstić information content (AvgIpc) is 2.22. The van der Waals surface area contributed by atoms with Crippen LogP contribution in [0.3, 0.4) is 0 Å². The Labute approximate surface area is 93.1 Å². The number of hydrogen-bond donors (Lipinski definition) is 2. The second-order valence-electron chi connectivity index (χ2n) is 3.38. The Morgan fingerprint density at radius 2 is 1.87 bits per heavy atom. The zero-order valence-corrected chi connectivity index (χ0v) is 10.5. The van der Waals surface area contributed by atoms with Crippen molar-refractivity contribution in [3.63, 3.8) is 0 Å². The highest BCUT2D eigenvalue weighted by Crippen LogP contribution is 1.89. The molecule has 0 aromatic carbocycles. The monoisotopic (exact) mass is 237 g/mol. The summed E-state index contributed by atoms with van der Waals surface area (Å²) in [4.78, 5) is 2.17. The van der Waals surface area contributed by atoms with E-state index in [0.717, 1.165) is 19.6 Å². The lowest BCUT2D eigenvalue weighted by atomic mass is 10.5. The van der Waals surface area contributed by atoms with Gasteiger partial charge in [-0.15, -0.1) is 0 Å². The second kappa shape index (κ2) is 8.04. The number of nitrogens with zero attached hydrogens (tertiary/aromatic N) is 1. The fraction of sp³-hybridized carbons (Fsp3) is 1.00. The molecule has 0 heterocycles. The summed E-state index contributed by atoms with van der Waals surface area (Å²) in [6.07, 6.45) is 0.514. The molecule has 0 rings (SSSR count). The van der Waals surface area contributed by atoms with E-state index in [-0.39, 0.29) is 5.75 Å². The van der Waals surface area contributed by atoms with E-state index < -0.39 is 10.0 Å². The highest BCUT2D eigenvalue weighted by molar-refractivity contribution is 7.89. The van der Waals surface area contributed by atoms with Crippen molar-refractivity contribution in [2.45, 2.75) is 20.3 Å². The van der Waals surface area contributed by atoms with Crippen LogP contribution in [0.1, 0.15) is 20.3 Å². The standard InChI is InChI=1S/C9H23N3O2S/c1-3-12(4-2)8-7-11-15(13,14)9-5-6-10/h11H,3-10H2,1-2H3. The number of rotatable bonds is 9. The van der Waals surface area contributed by atoms with Crippen molar-refractivity contribution in [3.8, 4) is 0 Å². The van der Waals surface area contributed by atoms with Gasteiger partial charge in [0.2, 0.25) is 10.0 Å². The Morgan fingerprint density at radius 3 is 2.33 bits per heavy atom. The molecular formula is C9H23N3O2S. The van der Waals surface area contributed by atoms with E-state index in [0.29, 0.717) is 19.5 Å². The van der Waals surface area contributed by atoms with Gasteiger partial charge in [-0.3, -0.25) is 0 Å². The third kappa shape index (κ3) is 7.72. The maximum Gasteiger partial charge on any atom is 0.211 e. The van der Waals surface area contributed by atoms with Gasteiger partial charge in [-0.2, -0.15) is 0 Å². The Balaban J connectivity index is 3.74. The summed E-state index contributed by atoms with van der Waals surface area (Å²) in [7, 11) is -3.11. The van der Waals surface area contributed by atoms with Gasteiger partial charge in [0.1, 0.15) is 0 Å². The van der Waals surface area contributed by atoms with Crippen LogP contribution in [0.2, 0.25) is 0 Å². The van der Waals surface area contributed by atoms with Crippen molar-refractivity contribution in [1.29, 1.82) is 0 Å². The molecule has 0 unspecified atom stereocenters. The molecule has 5 nitrogen and oxygen atoms in total. The molecule has 0 aliphatic heterocycles. The molecule has 0 saturated heterocycles.